The lowest BCUT2D eigenvalue weighted by atomic mass is 9.89. The summed E-state index contributed by atoms with van der Waals surface area (Å²) in [6.07, 6.45) is 8.12. The zero-order valence-electron chi connectivity index (χ0n) is 26.4. The average Bonchev–Trinajstić information content (AvgIpc) is 3.73. The van der Waals surface area contributed by atoms with Crippen molar-refractivity contribution in [2.24, 2.45) is 0 Å². The summed E-state index contributed by atoms with van der Waals surface area (Å²) >= 11 is 6.80. The predicted molar refractivity (Wildman–Crippen MR) is 171 cm³/mol. The van der Waals surface area contributed by atoms with Crippen LogP contribution in [0, 0.1) is 17.1 Å². The van der Waals surface area contributed by atoms with Crippen molar-refractivity contribution in [1.82, 2.24) is 25.3 Å². The summed E-state index contributed by atoms with van der Waals surface area (Å²) in [5, 5.41) is 29.4. The van der Waals surface area contributed by atoms with E-state index in [4.69, 9.17) is 16.3 Å². The predicted octanol–water partition coefficient (Wildman–Crippen LogP) is 7.27. The number of benzene rings is 2. The van der Waals surface area contributed by atoms with E-state index >= 15 is 0 Å². The Morgan fingerprint density at radius 1 is 1.18 bits per heavy atom. The monoisotopic (exact) mass is 631 g/mol. The van der Waals surface area contributed by atoms with E-state index in [9.17, 15) is 15.8 Å². The number of ether oxygens (including phenoxy) is 1. The van der Waals surface area contributed by atoms with Crippen molar-refractivity contribution in [3.05, 3.63) is 76.5 Å². The van der Waals surface area contributed by atoms with E-state index in [0.717, 1.165) is 38.5 Å². The minimum absolute atomic E-state index is 0.193. The van der Waals surface area contributed by atoms with Crippen molar-refractivity contribution in [1.29, 1.82) is 5.26 Å². The highest BCUT2D eigenvalue weighted by Gasteiger charge is 2.30. The summed E-state index contributed by atoms with van der Waals surface area (Å²) in [5.41, 5.74) is 1.92. The third-order valence-corrected chi connectivity index (χ3v) is 8.22. The van der Waals surface area contributed by atoms with Crippen LogP contribution in [0.2, 0.25) is 5.02 Å². The van der Waals surface area contributed by atoms with E-state index in [1.807, 2.05) is 20.8 Å². The van der Waals surface area contributed by atoms with Crippen LogP contribution in [0.15, 0.2) is 48.8 Å². The van der Waals surface area contributed by atoms with Crippen molar-refractivity contribution in [3.63, 3.8) is 0 Å². The van der Waals surface area contributed by atoms with Crippen LogP contribution in [0.1, 0.15) is 89.5 Å². The largest absolute Gasteiger partial charge is 0.444 e. The summed E-state index contributed by atoms with van der Waals surface area (Å²) in [6, 6.07) is 9.54. The number of rotatable bonds is 8. The van der Waals surface area contributed by atoms with Gasteiger partial charge in [-0.05, 0) is 76.3 Å². The number of nitriles is 1. The van der Waals surface area contributed by atoms with E-state index in [2.05, 4.69) is 37.3 Å². The Labute approximate surface area is 267 Å². The minimum atomic E-state index is -1.66. The molecule has 2 aromatic carbocycles. The van der Waals surface area contributed by atoms with Crippen LogP contribution in [0.5, 0.6) is 0 Å². The first-order chi connectivity index (χ1) is 21.9. The maximum atomic E-state index is 13.9. The van der Waals surface area contributed by atoms with Crippen molar-refractivity contribution < 1.29 is 15.3 Å². The van der Waals surface area contributed by atoms with Gasteiger partial charge in [0, 0.05) is 23.3 Å². The van der Waals surface area contributed by atoms with Crippen LogP contribution in [0.25, 0.3) is 10.9 Å². The van der Waals surface area contributed by atoms with Crippen LogP contribution < -0.4 is 16.0 Å². The topological polar surface area (TPSA) is 130 Å². The van der Waals surface area contributed by atoms with Gasteiger partial charge in [-0.15, -0.1) is 5.10 Å². The fourth-order valence-corrected chi connectivity index (χ4v) is 5.91. The fraction of sp³-hybridized carbons (Fsp3) is 0.424. The standard InChI is InChI=1S/C33H36ClFN8O2/c1-33(2,3)45-32(44)40-27-7-5-4-6-26(27)39-29-20(16-36)17-37-31-24(29)14-22(15-25(31)34)38-30(19-8-10-21(35)11-9-19)28-18-43(42-41-28)23-12-13-23/h8-11,14-15,17-18,23,26-27,30,38H,4-7,12-13H2,1-3H3,(H,37,39)(H,40,44)/t26-,27+,30+/m1/s1/i30D. The second-order valence-electron chi connectivity index (χ2n) is 12.6. The molecule has 45 heavy (non-hydrogen) atoms. The number of pyridine rings is 1. The van der Waals surface area contributed by atoms with Gasteiger partial charge in [0.2, 0.25) is 0 Å². The average molecular weight is 632 g/mol. The number of alkyl carbamates (subject to hydrolysis) is 1. The molecule has 3 atom stereocenters. The van der Waals surface area contributed by atoms with Crippen LogP contribution in [0.4, 0.5) is 20.6 Å². The molecule has 6 rings (SSSR count). The summed E-state index contributed by atoms with van der Waals surface area (Å²) in [6.45, 7) is 5.45. The molecule has 12 heteroatoms. The van der Waals surface area contributed by atoms with Gasteiger partial charge in [-0.1, -0.05) is 41.8 Å². The fourth-order valence-electron chi connectivity index (χ4n) is 5.65. The molecule has 10 nitrogen and oxygen atoms in total. The quantitative estimate of drug-likeness (QED) is 0.185. The number of anilines is 2. The molecule has 0 unspecified atom stereocenters. The smallest absolute Gasteiger partial charge is 0.407 e. The van der Waals surface area contributed by atoms with Crippen LogP contribution >= 0.6 is 11.6 Å². The van der Waals surface area contributed by atoms with Crippen molar-refractivity contribution in [3.8, 4) is 6.07 Å². The molecule has 0 saturated heterocycles. The number of fused-ring (bicyclic) bond motifs is 1. The number of halogens is 2. The van der Waals surface area contributed by atoms with Crippen molar-refractivity contribution >= 4 is 40.0 Å². The van der Waals surface area contributed by atoms with Gasteiger partial charge < -0.3 is 20.7 Å². The summed E-state index contributed by atoms with van der Waals surface area (Å²) in [4.78, 5) is 17.2. The maximum absolute atomic E-state index is 13.9. The first kappa shape index (κ1) is 29.3. The minimum Gasteiger partial charge on any atom is -0.444 e. The van der Waals surface area contributed by atoms with E-state index in [-0.39, 0.29) is 18.1 Å². The molecule has 2 fully saturated rings. The highest BCUT2D eigenvalue weighted by Crippen LogP contribution is 2.38. The third kappa shape index (κ3) is 7.12. The number of carbonyl (C=O) groups excluding carboxylic acids is 1. The molecule has 0 bridgehead atoms. The van der Waals surface area contributed by atoms with Crippen LogP contribution in [-0.2, 0) is 4.74 Å². The molecule has 2 aromatic heterocycles. The van der Waals surface area contributed by atoms with Crippen molar-refractivity contribution in [2.75, 3.05) is 10.6 Å². The van der Waals surface area contributed by atoms with Gasteiger partial charge >= 0.3 is 6.09 Å². The molecular weight excluding hydrogens is 595 g/mol. The Bertz CT molecular complexity index is 1800. The highest BCUT2D eigenvalue weighted by atomic mass is 35.5. The number of nitrogens with zero attached hydrogens (tertiary/aromatic N) is 5. The number of carbonyl (C=O) groups is 1. The number of amides is 1. The molecule has 1 amide bonds. The SMILES string of the molecule is [2H][C@](Nc1cc(Cl)c2ncc(C#N)c(N[C@@H]3CCCC[C@@H]3NC(=O)OC(C)(C)C)c2c1)(c1ccc(F)cc1)c1cn(C2CC2)nn1. The molecule has 0 radical (unpaired) electrons. The first-order valence-electron chi connectivity index (χ1n) is 15.7. The molecule has 234 valence electrons. The Hall–Kier alpha value is -4.43. The van der Waals surface area contributed by atoms with Gasteiger partial charge in [0.05, 0.1) is 47.5 Å². The summed E-state index contributed by atoms with van der Waals surface area (Å²) < 4.78 is 30.8. The molecule has 2 aliphatic rings. The Kier molecular flexibility index (Phi) is 8.15. The molecule has 0 aliphatic heterocycles. The second-order valence-corrected chi connectivity index (χ2v) is 13.0. The normalized spacial score (nSPS) is 20.0. The molecule has 3 N–H and O–H groups in total. The van der Waals surface area contributed by atoms with E-state index in [1.54, 1.807) is 23.0 Å². The summed E-state index contributed by atoms with van der Waals surface area (Å²) in [7, 11) is 0. The van der Waals surface area contributed by atoms with E-state index in [1.165, 1.54) is 30.5 Å². The molecule has 4 aromatic rings. The Morgan fingerprint density at radius 2 is 1.91 bits per heavy atom. The van der Waals surface area contributed by atoms with Gasteiger partial charge in [-0.3, -0.25) is 4.98 Å². The summed E-state index contributed by atoms with van der Waals surface area (Å²) in [5.74, 6) is -0.422. The zero-order chi connectivity index (χ0) is 32.6. The van der Waals surface area contributed by atoms with Gasteiger partial charge in [-0.2, -0.15) is 5.26 Å². The van der Waals surface area contributed by atoms with Crippen molar-refractivity contribution in [2.45, 2.75) is 89.0 Å². The van der Waals surface area contributed by atoms with Gasteiger partial charge in [0.25, 0.3) is 0 Å². The second kappa shape index (κ2) is 12.5. The number of nitrogens with one attached hydrogen (secondary N) is 3. The Morgan fingerprint density at radius 3 is 2.60 bits per heavy atom. The van der Waals surface area contributed by atoms with Gasteiger partial charge in [0.15, 0.2) is 0 Å². The maximum Gasteiger partial charge on any atom is 0.407 e. The van der Waals surface area contributed by atoms with E-state index < -0.39 is 23.5 Å². The third-order valence-electron chi connectivity index (χ3n) is 7.93. The number of hydrogen-bond acceptors (Lipinski definition) is 8. The van der Waals surface area contributed by atoms with Crippen LogP contribution in [-0.4, -0.2) is 43.8 Å². The van der Waals surface area contributed by atoms with E-state index in [0.29, 0.717) is 44.1 Å². The molecule has 2 saturated carbocycles. The Balaban J connectivity index is 1.38. The molecular formula is C33H36ClFN8O2. The van der Waals surface area contributed by atoms with Gasteiger partial charge in [0.1, 0.15) is 23.2 Å². The lowest BCUT2D eigenvalue weighted by molar-refractivity contribution is 0.0488. The lowest BCUT2D eigenvalue weighted by Gasteiger charge is -2.34. The number of hydrogen-bond donors (Lipinski definition) is 3. The van der Waals surface area contributed by atoms with Crippen LogP contribution in [0.3, 0.4) is 0 Å². The lowest BCUT2D eigenvalue weighted by Crippen LogP contribution is -2.49. The molecule has 0 spiro atoms. The zero-order valence-corrected chi connectivity index (χ0v) is 26.2. The number of aromatic nitrogens is 4. The van der Waals surface area contributed by atoms with Gasteiger partial charge in [-0.25, -0.2) is 13.9 Å². The highest BCUT2D eigenvalue weighted by molar-refractivity contribution is 6.35. The first-order valence-corrected chi connectivity index (χ1v) is 15.6. The molecule has 2 aliphatic carbocycles. The molecule has 2 heterocycles.